The molecule has 0 aromatic heterocycles. The second-order valence-electron chi connectivity index (χ2n) is 11.1. The summed E-state index contributed by atoms with van der Waals surface area (Å²) in [5, 5.41) is 62.7. The summed E-state index contributed by atoms with van der Waals surface area (Å²) >= 11 is 0. The van der Waals surface area contributed by atoms with Crippen LogP contribution in [0.2, 0.25) is 0 Å². The van der Waals surface area contributed by atoms with Gasteiger partial charge in [0.25, 0.3) is 0 Å². The molecule has 1 fully saturated rings. The second-order valence-corrected chi connectivity index (χ2v) is 13.6. The Labute approximate surface area is 260 Å². The minimum Gasteiger partial charge on any atom is -0.504 e. The van der Waals surface area contributed by atoms with Crippen molar-refractivity contribution in [3.63, 3.8) is 0 Å². The molecule has 1 aliphatic carbocycles. The molecule has 0 radical (unpaired) electrons. The van der Waals surface area contributed by atoms with E-state index < -0.39 is 37.8 Å². The minimum absolute atomic E-state index is 0.0322. The molecule has 12 heteroatoms. The highest BCUT2D eigenvalue weighted by Gasteiger charge is 2.31. The largest absolute Gasteiger partial charge is 0.504 e. The lowest BCUT2D eigenvalue weighted by molar-refractivity contribution is -0.0808. The normalized spacial score (nSPS) is 24.2. The Morgan fingerprint density at radius 2 is 1.58 bits per heavy atom. The lowest BCUT2D eigenvalue weighted by Crippen LogP contribution is -2.38. The van der Waals surface area contributed by atoms with Crippen LogP contribution in [-0.4, -0.2) is 81.5 Å². The number of phenols is 2. The smallest absolute Gasteiger partial charge is 0.200 e. The van der Waals surface area contributed by atoms with E-state index in [1.807, 2.05) is 6.07 Å². The van der Waals surface area contributed by atoms with Crippen LogP contribution in [0.15, 0.2) is 24.3 Å². The maximum atomic E-state index is 11.4. The molecule has 43 heavy (non-hydrogen) atoms. The topological polar surface area (TPSA) is 158 Å². The zero-order valence-electron chi connectivity index (χ0n) is 24.5. The minimum atomic E-state index is -0.982. The number of hydrogen-bond donors (Lipinski definition) is 6. The Morgan fingerprint density at radius 1 is 0.814 bits per heavy atom. The molecule has 0 amide bonds. The van der Waals surface area contributed by atoms with E-state index in [-0.39, 0.29) is 41.9 Å². The van der Waals surface area contributed by atoms with Gasteiger partial charge in [-0.2, -0.15) is 0 Å². The average Bonchev–Trinajstić information content (AvgIpc) is 3.00. The second kappa shape index (κ2) is 16.9. The molecular formula is C31H44O10S2. The lowest BCUT2D eigenvalue weighted by Gasteiger charge is -2.30. The first-order valence-electron chi connectivity index (χ1n) is 14.8. The number of phenolic OH excluding ortho intramolecular Hbond substituents is 2. The molecule has 6 N–H and O–H groups in total. The summed E-state index contributed by atoms with van der Waals surface area (Å²) in [6, 6.07) is 6.84. The molecule has 0 unspecified atom stereocenters. The number of aliphatic hydroxyl groups is 4. The summed E-state index contributed by atoms with van der Waals surface area (Å²) in [6.07, 6.45) is 4.61. The van der Waals surface area contributed by atoms with Gasteiger partial charge in [0.2, 0.25) is 5.75 Å². The van der Waals surface area contributed by atoms with Crippen molar-refractivity contribution in [1.29, 1.82) is 0 Å². The number of fused-ring (bicyclic) bond motifs is 1. The van der Waals surface area contributed by atoms with Gasteiger partial charge < -0.3 is 49.6 Å². The number of aliphatic hydroxyl groups excluding tert-OH is 4. The van der Waals surface area contributed by atoms with E-state index in [0.29, 0.717) is 35.7 Å². The first-order valence-corrected chi connectivity index (χ1v) is 17.3. The molecule has 240 valence electrons. The molecule has 2 aromatic rings. The van der Waals surface area contributed by atoms with Gasteiger partial charge in [0.15, 0.2) is 29.8 Å². The van der Waals surface area contributed by atoms with Gasteiger partial charge in [-0.05, 0) is 92.3 Å². The van der Waals surface area contributed by atoms with Crippen molar-refractivity contribution in [1.82, 2.24) is 0 Å². The number of aromatic hydroxyl groups is 2. The van der Waals surface area contributed by atoms with E-state index in [1.54, 1.807) is 29.0 Å². The summed E-state index contributed by atoms with van der Waals surface area (Å²) in [5.74, 6) is 0.841. The van der Waals surface area contributed by atoms with Crippen LogP contribution >= 0.6 is 21.6 Å². The Kier molecular flexibility index (Phi) is 13.3. The molecule has 2 aromatic carbocycles. The predicted octanol–water partition coefficient (Wildman–Crippen LogP) is 4.28. The SMILES string of the molecule is COc1cc(C[C@@H]2[C@H](O)C[C@@H](OCO)CCc3cc(OC4CCCCC4)c(O)cc3CSSC[C@@H]2O)cc(OCO)c1O. The average molecular weight is 641 g/mol. The van der Waals surface area contributed by atoms with Crippen molar-refractivity contribution in [3.05, 3.63) is 41.0 Å². The summed E-state index contributed by atoms with van der Waals surface area (Å²) < 4.78 is 22.3. The van der Waals surface area contributed by atoms with Gasteiger partial charge >= 0.3 is 0 Å². The molecule has 0 spiro atoms. The number of ether oxygens (including phenoxy) is 4. The van der Waals surface area contributed by atoms with E-state index in [4.69, 9.17) is 18.9 Å². The fraction of sp³-hybridized carbons (Fsp3) is 0.613. The van der Waals surface area contributed by atoms with Gasteiger partial charge in [-0.3, -0.25) is 0 Å². The number of aryl methyl sites for hydroxylation is 1. The van der Waals surface area contributed by atoms with Crippen molar-refractivity contribution in [3.8, 4) is 28.7 Å². The molecule has 1 saturated carbocycles. The van der Waals surface area contributed by atoms with E-state index in [2.05, 4.69) is 0 Å². The number of methoxy groups -OCH3 is 1. The van der Waals surface area contributed by atoms with Crippen LogP contribution in [0.5, 0.6) is 28.7 Å². The van der Waals surface area contributed by atoms with E-state index in [1.165, 1.54) is 24.3 Å². The van der Waals surface area contributed by atoms with E-state index >= 15 is 0 Å². The highest BCUT2D eigenvalue weighted by molar-refractivity contribution is 8.76. The number of benzene rings is 2. The van der Waals surface area contributed by atoms with Gasteiger partial charge in [0.05, 0.1) is 31.5 Å². The standard InChI is InChI=1S/C31H44O10S2/c1-38-29-10-19(11-30(31(29)37)40-18-33)9-24-25(34)14-23(39-17-32)8-7-20-13-28(41-22-5-3-2-4-6-22)26(35)12-21(20)15-42-43-16-27(24)36/h10-13,22-25,27,32-37H,2-9,14-18H2,1H3/t23-,24+,25+,27-/m0/s1. The molecule has 0 saturated heterocycles. The lowest BCUT2D eigenvalue weighted by atomic mass is 9.86. The van der Waals surface area contributed by atoms with Gasteiger partial charge in [-0.25, -0.2) is 0 Å². The molecule has 2 aliphatic rings. The zero-order chi connectivity index (χ0) is 30.8. The van der Waals surface area contributed by atoms with Crippen LogP contribution < -0.4 is 14.2 Å². The van der Waals surface area contributed by atoms with Gasteiger partial charge in [0.1, 0.15) is 6.79 Å². The first kappa shape index (κ1) is 33.8. The summed E-state index contributed by atoms with van der Waals surface area (Å²) in [5.41, 5.74) is 2.62. The van der Waals surface area contributed by atoms with Crippen LogP contribution in [0.25, 0.3) is 0 Å². The summed E-state index contributed by atoms with van der Waals surface area (Å²) in [4.78, 5) is 0. The molecule has 0 bridgehead atoms. The van der Waals surface area contributed by atoms with Crippen molar-refractivity contribution < 1.29 is 49.6 Å². The Balaban J connectivity index is 1.55. The maximum absolute atomic E-state index is 11.4. The van der Waals surface area contributed by atoms with Gasteiger partial charge in [-0.15, -0.1) is 0 Å². The summed E-state index contributed by atoms with van der Waals surface area (Å²) in [7, 11) is 4.44. The molecule has 4 atom stereocenters. The van der Waals surface area contributed by atoms with E-state index in [0.717, 1.165) is 36.8 Å². The maximum Gasteiger partial charge on any atom is 0.200 e. The predicted molar refractivity (Wildman–Crippen MR) is 166 cm³/mol. The molecule has 10 nitrogen and oxygen atoms in total. The zero-order valence-corrected chi connectivity index (χ0v) is 26.2. The van der Waals surface area contributed by atoms with Crippen LogP contribution in [0, 0.1) is 5.92 Å². The molecule has 1 aliphatic heterocycles. The van der Waals surface area contributed by atoms with Crippen molar-refractivity contribution in [2.24, 2.45) is 5.92 Å². The highest BCUT2D eigenvalue weighted by atomic mass is 33.1. The first-order chi connectivity index (χ1) is 20.8. The fourth-order valence-electron chi connectivity index (χ4n) is 5.85. The van der Waals surface area contributed by atoms with Crippen LogP contribution in [-0.2, 0) is 23.3 Å². The number of hydrogen-bond acceptors (Lipinski definition) is 12. The van der Waals surface area contributed by atoms with Gasteiger partial charge in [0, 0.05) is 17.4 Å². The molecule has 4 rings (SSSR count). The third kappa shape index (κ3) is 9.46. The monoisotopic (exact) mass is 640 g/mol. The van der Waals surface area contributed by atoms with E-state index in [9.17, 15) is 30.6 Å². The molecule has 1 heterocycles. The van der Waals surface area contributed by atoms with Crippen LogP contribution in [0.1, 0.15) is 61.6 Å². The van der Waals surface area contributed by atoms with Crippen molar-refractivity contribution >= 4 is 21.6 Å². The van der Waals surface area contributed by atoms with Gasteiger partial charge in [-0.1, -0.05) is 28.0 Å². The highest BCUT2D eigenvalue weighted by Crippen LogP contribution is 2.40. The van der Waals surface area contributed by atoms with Crippen LogP contribution in [0.4, 0.5) is 0 Å². The van der Waals surface area contributed by atoms with Crippen LogP contribution in [0.3, 0.4) is 0 Å². The molecular weight excluding hydrogens is 596 g/mol. The Hall–Kier alpha value is -2.06. The number of rotatable bonds is 9. The van der Waals surface area contributed by atoms with Crippen molar-refractivity contribution in [2.45, 2.75) is 88.0 Å². The third-order valence-electron chi connectivity index (χ3n) is 8.21. The third-order valence-corrected chi connectivity index (χ3v) is 10.5. The van der Waals surface area contributed by atoms with Crippen molar-refractivity contribution in [2.75, 3.05) is 26.4 Å². The quantitative estimate of drug-likeness (QED) is 0.171. The summed E-state index contributed by atoms with van der Waals surface area (Å²) in [6.45, 7) is -1.15. The Bertz CT molecular complexity index is 1160. The Morgan fingerprint density at radius 3 is 2.30 bits per heavy atom. The fourth-order valence-corrected chi connectivity index (χ4v) is 8.15.